The lowest BCUT2D eigenvalue weighted by molar-refractivity contribution is 0.140. The van der Waals surface area contributed by atoms with E-state index in [1.807, 2.05) is 0 Å². The third kappa shape index (κ3) is 10.4. The summed E-state index contributed by atoms with van der Waals surface area (Å²) in [6, 6.07) is 18.3. The molecule has 7 rings (SSSR count). The normalized spacial score (nSPS) is 25.7. The Labute approximate surface area is 385 Å². The molecular formula is C60H95NSi. The molecule has 0 N–H and O–H groups in total. The number of fused-ring (bicyclic) bond motifs is 5. The fourth-order valence-corrected chi connectivity index (χ4v) is 20.3. The molecule has 2 aromatic rings. The lowest BCUT2D eigenvalue weighted by Crippen LogP contribution is -2.64. The van der Waals surface area contributed by atoms with Crippen LogP contribution in [0.25, 0.3) is 5.57 Å². The van der Waals surface area contributed by atoms with Crippen LogP contribution in [0.3, 0.4) is 0 Å². The first-order chi connectivity index (χ1) is 29.9. The highest BCUT2D eigenvalue weighted by Crippen LogP contribution is 2.65. The summed E-state index contributed by atoms with van der Waals surface area (Å²) >= 11 is 0. The van der Waals surface area contributed by atoms with Crippen LogP contribution >= 0.6 is 0 Å². The van der Waals surface area contributed by atoms with Gasteiger partial charge in [-0.05, 0) is 140 Å². The van der Waals surface area contributed by atoms with Gasteiger partial charge in [0.05, 0.1) is 0 Å². The second-order valence-corrected chi connectivity index (χ2v) is 28.5. The van der Waals surface area contributed by atoms with Gasteiger partial charge < -0.3 is 4.57 Å². The van der Waals surface area contributed by atoms with Gasteiger partial charge in [-0.2, -0.15) is 0 Å². The van der Waals surface area contributed by atoms with E-state index < -0.39 is 8.24 Å². The van der Waals surface area contributed by atoms with Crippen molar-refractivity contribution in [2.75, 3.05) is 0 Å². The average Bonchev–Trinajstić information content (AvgIpc) is 3.88. The SMILES string of the molecule is CCCCCCCCCCCCCCC1(C)Cc2cc3c(cc2C1)C(CCCC)(CCCC)C1=CC2C(c4ccccc4)CC([Si](C)(C)N(C4CCCCC4)C(C)(C)C)C2C=C13. The Morgan fingerprint density at radius 3 is 1.79 bits per heavy atom. The molecule has 2 heteroatoms. The van der Waals surface area contributed by atoms with Crippen molar-refractivity contribution in [2.24, 2.45) is 17.3 Å². The first-order valence-electron chi connectivity index (χ1n) is 27.3. The van der Waals surface area contributed by atoms with Gasteiger partial charge in [0.2, 0.25) is 0 Å². The highest BCUT2D eigenvalue weighted by molar-refractivity contribution is 6.76. The maximum atomic E-state index is 3.20. The van der Waals surface area contributed by atoms with Gasteiger partial charge in [-0.1, -0.05) is 217 Å². The van der Waals surface area contributed by atoms with Crippen LogP contribution in [0.5, 0.6) is 0 Å². The van der Waals surface area contributed by atoms with Gasteiger partial charge in [0.1, 0.15) is 8.24 Å². The number of allylic oxidation sites excluding steroid dienone is 4. The molecule has 5 unspecified atom stereocenters. The average molecular weight is 859 g/mol. The molecule has 0 saturated heterocycles. The van der Waals surface area contributed by atoms with Crippen molar-refractivity contribution >= 4 is 13.8 Å². The maximum Gasteiger partial charge on any atom is 0.126 e. The highest BCUT2D eigenvalue weighted by atomic mass is 28.3. The van der Waals surface area contributed by atoms with Gasteiger partial charge in [-0.25, -0.2) is 0 Å². The number of hydrogen-bond donors (Lipinski definition) is 0. The Hall–Kier alpha value is -1.90. The largest absolute Gasteiger partial charge is 0.316 e. The molecule has 0 amide bonds. The maximum absolute atomic E-state index is 3.20. The third-order valence-corrected chi connectivity index (χ3v) is 22.5. The predicted octanol–water partition coefficient (Wildman–Crippen LogP) is 18.3. The second-order valence-electron chi connectivity index (χ2n) is 23.9. The molecule has 2 aromatic carbocycles. The van der Waals surface area contributed by atoms with Gasteiger partial charge in [0.15, 0.2) is 0 Å². The van der Waals surface area contributed by atoms with Crippen LogP contribution in [0.2, 0.25) is 18.6 Å². The molecule has 5 atom stereocenters. The summed E-state index contributed by atoms with van der Waals surface area (Å²) in [6.07, 6.45) is 43.4. The van der Waals surface area contributed by atoms with E-state index in [-0.39, 0.29) is 11.0 Å². The summed E-state index contributed by atoms with van der Waals surface area (Å²) < 4.78 is 3.20. The highest BCUT2D eigenvalue weighted by Gasteiger charge is 2.57. The van der Waals surface area contributed by atoms with Crippen molar-refractivity contribution in [3.05, 3.63) is 88.0 Å². The Morgan fingerprint density at radius 2 is 1.21 bits per heavy atom. The summed E-state index contributed by atoms with van der Waals surface area (Å²) in [5.74, 6) is 1.80. The minimum Gasteiger partial charge on any atom is -0.316 e. The Bertz CT molecular complexity index is 1780. The van der Waals surface area contributed by atoms with Gasteiger partial charge >= 0.3 is 0 Å². The van der Waals surface area contributed by atoms with Gasteiger partial charge in [-0.15, -0.1) is 0 Å². The van der Waals surface area contributed by atoms with Crippen molar-refractivity contribution in [3.63, 3.8) is 0 Å². The Balaban J connectivity index is 1.18. The summed E-state index contributed by atoms with van der Waals surface area (Å²) in [5, 5.41) is 0. The second kappa shape index (κ2) is 21.2. The predicted molar refractivity (Wildman–Crippen MR) is 275 cm³/mol. The van der Waals surface area contributed by atoms with E-state index in [9.17, 15) is 0 Å². The molecule has 5 aliphatic carbocycles. The first kappa shape index (κ1) is 48.0. The van der Waals surface area contributed by atoms with Crippen molar-refractivity contribution < 1.29 is 0 Å². The summed E-state index contributed by atoms with van der Waals surface area (Å²) in [7, 11) is -1.93. The van der Waals surface area contributed by atoms with E-state index in [2.05, 4.69) is 121 Å². The van der Waals surface area contributed by atoms with Crippen molar-refractivity contribution in [1.82, 2.24) is 4.57 Å². The van der Waals surface area contributed by atoms with Crippen molar-refractivity contribution in [1.29, 1.82) is 0 Å². The number of unbranched alkanes of at least 4 members (excludes halogenated alkanes) is 13. The zero-order valence-electron chi connectivity index (χ0n) is 42.1. The topological polar surface area (TPSA) is 3.24 Å². The molecule has 0 heterocycles. The van der Waals surface area contributed by atoms with E-state index in [0.29, 0.717) is 23.2 Å². The van der Waals surface area contributed by atoms with E-state index in [0.717, 1.165) is 11.6 Å². The molecule has 0 aromatic heterocycles. The quantitative estimate of drug-likeness (QED) is 0.0795. The van der Waals surface area contributed by atoms with Crippen molar-refractivity contribution in [3.8, 4) is 0 Å². The minimum atomic E-state index is -1.93. The third-order valence-electron chi connectivity index (χ3n) is 17.8. The summed E-state index contributed by atoms with van der Waals surface area (Å²) in [5.41, 5.74) is 13.4. The van der Waals surface area contributed by atoms with Gasteiger partial charge in [0, 0.05) is 17.0 Å². The fraction of sp³-hybridized carbons (Fsp3) is 0.733. The number of benzene rings is 2. The van der Waals surface area contributed by atoms with Gasteiger partial charge in [0.25, 0.3) is 0 Å². The minimum absolute atomic E-state index is 0.160. The summed E-state index contributed by atoms with van der Waals surface area (Å²) in [4.78, 5) is 0. The molecule has 0 spiro atoms. The molecular weight excluding hydrogens is 763 g/mol. The van der Waals surface area contributed by atoms with Crippen LogP contribution in [0.15, 0.2) is 60.2 Å². The van der Waals surface area contributed by atoms with E-state index in [1.54, 1.807) is 39.0 Å². The zero-order valence-corrected chi connectivity index (χ0v) is 43.1. The van der Waals surface area contributed by atoms with Crippen LogP contribution < -0.4 is 0 Å². The van der Waals surface area contributed by atoms with Crippen LogP contribution in [0.1, 0.15) is 243 Å². The monoisotopic (exact) mass is 858 g/mol. The van der Waals surface area contributed by atoms with E-state index >= 15 is 0 Å². The number of nitrogens with zero attached hydrogens (tertiary/aromatic N) is 1. The zero-order chi connectivity index (χ0) is 44.0. The van der Waals surface area contributed by atoms with Crippen LogP contribution in [0, 0.1) is 17.3 Å². The molecule has 1 nitrogen and oxygen atoms in total. The Kier molecular flexibility index (Phi) is 16.4. The molecule has 2 fully saturated rings. The molecule has 2 saturated carbocycles. The van der Waals surface area contributed by atoms with Crippen molar-refractivity contribution in [2.45, 2.75) is 263 Å². The van der Waals surface area contributed by atoms with E-state index in [1.165, 1.54) is 173 Å². The number of rotatable bonds is 23. The molecule has 62 heavy (non-hydrogen) atoms. The van der Waals surface area contributed by atoms with Crippen LogP contribution in [-0.4, -0.2) is 24.4 Å². The van der Waals surface area contributed by atoms with Crippen LogP contribution in [-0.2, 0) is 18.3 Å². The molecule has 0 bridgehead atoms. The van der Waals surface area contributed by atoms with E-state index in [4.69, 9.17) is 0 Å². The van der Waals surface area contributed by atoms with Gasteiger partial charge in [-0.3, -0.25) is 0 Å². The standard InChI is InChI=1S/C60H95NSi/c1-10-13-16-17-18-19-20-21-22-23-24-31-36-59(7)44-47-39-52-53-41-54-51(42-56(53)60(37-14-11-2,38-15-12-3)55(52)40-48(47)45-59)50(46-32-27-25-28-33-46)43-57(54)62(8,9)61(58(4,5)6)49-34-29-26-30-35-49/h25,27-28,32-33,39-42,49-51,54,57H,10-24,26,29-31,34-38,43-45H2,1-9H3. The fourth-order valence-electron chi connectivity index (χ4n) is 15.0. The Morgan fingerprint density at radius 1 is 0.645 bits per heavy atom. The number of hydrogen-bond acceptors (Lipinski definition) is 1. The lowest BCUT2D eigenvalue weighted by Gasteiger charge is -2.55. The molecule has 0 radical (unpaired) electrons. The molecule has 5 aliphatic rings. The summed E-state index contributed by atoms with van der Waals surface area (Å²) in [6.45, 7) is 23.2. The first-order valence-corrected chi connectivity index (χ1v) is 30.3. The smallest absolute Gasteiger partial charge is 0.126 e. The lowest BCUT2D eigenvalue weighted by atomic mass is 9.67. The molecule has 0 aliphatic heterocycles. The molecule has 344 valence electrons. The van der Waals surface area contributed by atoms with Crippen LogP contribution in [0.4, 0.5) is 0 Å².